The number of hydrogen-bond acceptors (Lipinski definition) is 6. The van der Waals surface area contributed by atoms with Crippen molar-refractivity contribution in [2.24, 2.45) is 0 Å². The van der Waals surface area contributed by atoms with Crippen LogP contribution in [0.4, 0.5) is 0 Å². The lowest BCUT2D eigenvalue weighted by Crippen LogP contribution is -2.26. The van der Waals surface area contributed by atoms with Crippen LogP contribution in [-0.4, -0.2) is 45.7 Å². The topological polar surface area (TPSA) is 106 Å². The first kappa shape index (κ1) is 18.4. The Labute approximate surface area is 145 Å². The maximum Gasteiger partial charge on any atom is 0.341 e. The molecule has 0 saturated carbocycles. The highest BCUT2D eigenvalue weighted by Gasteiger charge is 2.11. The second kappa shape index (κ2) is 8.81. The number of carbonyl (C=O) groups excluding carboxylic acids is 1. The standard InChI is InChI=1S/C17H21N3O5/c1-12-18-15(25-19-12)4-3-5-16(21)20(2)10-13-6-8-14(9-7-13)24-11-17(22)23/h6-9H,3-5,10-11H2,1-2H3,(H,22,23). The van der Waals surface area contributed by atoms with Crippen molar-refractivity contribution in [2.45, 2.75) is 32.7 Å². The van der Waals surface area contributed by atoms with Crippen molar-refractivity contribution >= 4 is 11.9 Å². The van der Waals surface area contributed by atoms with Crippen LogP contribution < -0.4 is 4.74 Å². The molecule has 2 rings (SSSR count). The quantitative estimate of drug-likeness (QED) is 0.737. The van der Waals surface area contributed by atoms with E-state index in [4.69, 9.17) is 14.4 Å². The maximum atomic E-state index is 12.2. The molecular formula is C17H21N3O5. The van der Waals surface area contributed by atoms with E-state index in [1.807, 2.05) is 12.1 Å². The van der Waals surface area contributed by atoms with E-state index in [1.165, 1.54) is 0 Å². The molecular weight excluding hydrogens is 326 g/mol. The molecule has 1 amide bonds. The van der Waals surface area contributed by atoms with E-state index >= 15 is 0 Å². The molecule has 0 aliphatic rings. The van der Waals surface area contributed by atoms with Crippen molar-refractivity contribution in [3.8, 4) is 5.75 Å². The lowest BCUT2D eigenvalue weighted by molar-refractivity contribution is -0.139. The molecule has 0 spiro atoms. The van der Waals surface area contributed by atoms with Crippen molar-refractivity contribution in [1.29, 1.82) is 0 Å². The van der Waals surface area contributed by atoms with Crippen LogP contribution in [0.2, 0.25) is 0 Å². The summed E-state index contributed by atoms with van der Waals surface area (Å²) in [4.78, 5) is 28.4. The molecule has 0 aliphatic carbocycles. The maximum absolute atomic E-state index is 12.2. The lowest BCUT2D eigenvalue weighted by Gasteiger charge is -2.17. The van der Waals surface area contributed by atoms with E-state index in [1.54, 1.807) is 31.0 Å². The van der Waals surface area contributed by atoms with Gasteiger partial charge in [0.05, 0.1) is 0 Å². The van der Waals surface area contributed by atoms with Crippen molar-refractivity contribution in [2.75, 3.05) is 13.7 Å². The van der Waals surface area contributed by atoms with Crippen molar-refractivity contribution in [3.63, 3.8) is 0 Å². The zero-order chi connectivity index (χ0) is 18.2. The minimum absolute atomic E-state index is 0.0300. The number of aliphatic carboxylic acids is 1. The summed E-state index contributed by atoms with van der Waals surface area (Å²) in [5.74, 6) is 0.627. The number of aryl methyl sites for hydroxylation is 2. The molecule has 8 nitrogen and oxygen atoms in total. The summed E-state index contributed by atoms with van der Waals surface area (Å²) in [5, 5.41) is 12.3. The Morgan fingerprint density at radius 2 is 2.00 bits per heavy atom. The van der Waals surface area contributed by atoms with Gasteiger partial charge >= 0.3 is 5.97 Å². The van der Waals surface area contributed by atoms with Gasteiger partial charge < -0.3 is 19.3 Å². The Kier molecular flexibility index (Phi) is 6.50. The summed E-state index contributed by atoms with van der Waals surface area (Å²) in [6.45, 7) is 1.85. The molecule has 0 atom stereocenters. The van der Waals surface area contributed by atoms with E-state index in [-0.39, 0.29) is 12.5 Å². The Hall–Kier alpha value is -2.90. The van der Waals surface area contributed by atoms with Gasteiger partial charge in [-0.3, -0.25) is 4.79 Å². The number of nitrogens with zero attached hydrogens (tertiary/aromatic N) is 3. The molecule has 0 aliphatic heterocycles. The van der Waals surface area contributed by atoms with Crippen molar-refractivity contribution in [3.05, 3.63) is 41.5 Å². The van der Waals surface area contributed by atoms with E-state index in [0.717, 1.165) is 5.56 Å². The van der Waals surface area contributed by atoms with Gasteiger partial charge in [-0.2, -0.15) is 4.98 Å². The van der Waals surface area contributed by atoms with Crippen molar-refractivity contribution in [1.82, 2.24) is 15.0 Å². The molecule has 0 fully saturated rings. The van der Waals surface area contributed by atoms with Gasteiger partial charge in [0, 0.05) is 26.4 Å². The molecule has 0 bridgehead atoms. The monoisotopic (exact) mass is 347 g/mol. The van der Waals surface area contributed by atoms with Gasteiger partial charge in [0.2, 0.25) is 11.8 Å². The van der Waals surface area contributed by atoms with Crippen LogP contribution in [-0.2, 0) is 22.6 Å². The van der Waals surface area contributed by atoms with E-state index in [2.05, 4.69) is 10.1 Å². The van der Waals surface area contributed by atoms with Crippen LogP contribution in [0.1, 0.15) is 30.1 Å². The third-order valence-corrected chi connectivity index (χ3v) is 3.48. The van der Waals surface area contributed by atoms with Gasteiger partial charge in [-0.15, -0.1) is 0 Å². The second-order valence-corrected chi connectivity index (χ2v) is 5.67. The third kappa shape index (κ3) is 6.25. The summed E-state index contributed by atoms with van der Waals surface area (Å²) in [5.41, 5.74) is 0.936. The molecule has 134 valence electrons. The Morgan fingerprint density at radius 1 is 1.28 bits per heavy atom. The summed E-state index contributed by atoms with van der Waals surface area (Å²) >= 11 is 0. The number of amides is 1. The number of carboxylic acids is 1. The van der Waals surface area contributed by atoms with Crippen molar-refractivity contribution < 1.29 is 24.0 Å². The van der Waals surface area contributed by atoms with Gasteiger partial charge in [0.15, 0.2) is 12.4 Å². The zero-order valence-corrected chi connectivity index (χ0v) is 14.3. The number of aromatic nitrogens is 2. The fourth-order valence-corrected chi connectivity index (χ4v) is 2.22. The van der Waals surface area contributed by atoms with E-state index in [9.17, 15) is 9.59 Å². The summed E-state index contributed by atoms with van der Waals surface area (Å²) in [6, 6.07) is 6.99. The summed E-state index contributed by atoms with van der Waals surface area (Å²) < 4.78 is 10.1. The minimum atomic E-state index is -1.02. The van der Waals surface area contributed by atoms with Crippen LogP contribution in [0.15, 0.2) is 28.8 Å². The van der Waals surface area contributed by atoms with Gasteiger partial charge in [-0.25, -0.2) is 4.79 Å². The number of hydrogen-bond donors (Lipinski definition) is 1. The second-order valence-electron chi connectivity index (χ2n) is 5.67. The lowest BCUT2D eigenvalue weighted by atomic mass is 10.2. The molecule has 2 aromatic rings. The van der Waals surface area contributed by atoms with E-state index in [0.29, 0.717) is 43.3 Å². The fourth-order valence-electron chi connectivity index (χ4n) is 2.22. The average Bonchev–Trinajstić information content (AvgIpc) is 2.99. The SMILES string of the molecule is Cc1noc(CCCC(=O)N(C)Cc2ccc(OCC(=O)O)cc2)n1. The Morgan fingerprint density at radius 3 is 2.60 bits per heavy atom. The van der Waals surface area contributed by atoms with Crippen LogP contribution in [0.5, 0.6) is 5.75 Å². The average molecular weight is 347 g/mol. The number of benzene rings is 1. The normalized spacial score (nSPS) is 10.5. The summed E-state index contributed by atoms with van der Waals surface area (Å²) in [7, 11) is 1.74. The summed E-state index contributed by atoms with van der Waals surface area (Å²) in [6.07, 6.45) is 1.63. The van der Waals surface area contributed by atoms with Crippen LogP contribution in [0.25, 0.3) is 0 Å². The van der Waals surface area contributed by atoms with Gasteiger partial charge in [-0.05, 0) is 31.0 Å². The Balaban J connectivity index is 1.75. The highest BCUT2D eigenvalue weighted by atomic mass is 16.5. The first-order valence-electron chi connectivity index (χ1n) is 7.90. The molecule has 1 N–H and O–H groups in total. The number of ether oxygens (including phenoxy) is 1. The van der Waals surface area contributed by atoms with Crippen LogP contribution in [0.3, 0.4) is 0 Å². The molecule has 0 unspecified atom stereocenters. The molecule has 1 heterocycles. The van der Waals surface area contributed by atoms with E-state index < -0.39 is 5.97 Å². The molecule has 1 aromatic carbocycles. The fraction of sp³-hybridized carbons (Fsp3) is 0.412. The predicted molar refractivity (Wildman–Crippen MR) is 88.0 cm³/mol. The molecule has 25 heavy (non-hydrogen) atoms. The Bertz CT molecular complexity index is 711. The molecule has 1 aromatic heterocycles. The number of rotatable bonds is 9. The number of carbonyl (C=O) groups is 2. The molecule has 0 radical (unpaired) electrons. The third-order valence-electron chi connectivity index (χ3n) is 3.48. The van der Waals surface area contributed by atoms with Gasteiger partial charge in [0.1, 0.15) is 5.75 Å². The van der Waals surface area contributed by atoms with Gasteiger partial charge in [0.25, 0.3) is 0 Å². The first-order valence-corrected chi connectivity index (χ1v) is 7.90. The van der Waals surface area contributed by atoms with Crippen LogP contribution >= 0.6 is 0 Å². The number of carboxylic acid groups (broad SMARTS) is 1. The minimum Gasteiger partial charge on any atom is -0.482 e. The largest absolute Gasteiger partial charge is 0.482 e. The first-order chi connectivity index (χ1) is 11.9. The van der Waals surface area contributed by atoms with Gasteiger partial charge in [-0.1, -0.05) is 17.3 Å². The zero-order valence-electron chi connectivity index (χ0n) is 14.3. The smallest absolute Gasteiger partial charge is 0.341 e. The molecule has 8 heteroatoms. The van der Waals surface area contributed by atoms with Crippen LogP contribution in [0, 0.1) is 6.92 Å². The highest BCUT2D eigenvalue weighted by molar-refractivity contribution is 5.75. The molecule has 0 saturated heterocycles. The highest BCUT2D eigenvalue weighted by Crippen LogP contribution is 2.14. The predicted octanol–water partition coefficient (Wildman–Crippen LogP) is 1.82.